The number of benzene rings is 2. The van der Waals surface area contributed by atoms with Crippen molar-refractivity contribution in [2.24, 2.45) is 0 Å². The molecule has 0 bridgehead atoms. The van der Waals surface area contributed by atoms with Crippen molar-refractivity contribution in [1.82, 2.24) is 0 Å². The van der Waals surface area contributed by atoms with E-state index in [0.717, 1.165) is 0 Å². The molecule has 3 aromatic rings. The maximum absolute atomic E-state index is 11.8. The Labute approximate surface area is 170 Å². The SMILES string of the molecule is COc1cc([C@@H]2Oc3c(c(O)cc4ccc(=O)oc34)O[C@H]2CO)cc(OC)c1OC. The summed E-state index contributed by atoms with van der Waals surface area (Å²) in [4.78, 5) is 11.8. The van der Waals surface area contributed by atoms with Crippen LogP contribution >= 0.6 is 0 Å². The summed E-state index contributed by atoms with van der Waals surface area (Å²) in [6, 6.07) is 7.49. The molecule has 0 radical (unpaired) electrons. The zero-order valence-corrected chi connectivity index (χ0v) is 16.5. The lowest BCUT2D eigenvalue weighted by molar-refractivity contribution is -0.0137. The minimum absolute atomic E-state index is 0.0143. The Bertz CT molecular complexity index is 1130. The normalized spacial score (nSPS) is 17.6. The highest BCUT2D eigenvalue weighted by Crippen LogP contribution is 2.50. The number of methoxy groups -OCH3 is 3. The fraction of sp³-hybridized carbons (Fsp3) is 0.286. The third-order valence-electron chi connectivity index (χ3n) is 4.85. The van der Waals surface area contributed by atoms with Gasteiger partial charge >= 0.3 is 5.63 Å². The number of phenols is 1. The molecule has 2 aromatic carbocycles. The van der Waals surface area contributed by atoms with E-state index in [4.69, 9.17) is 28.1 Å². The smallest absolute Gasteiger partial charge is 0.336 e. The summed E-state index contributed by atoms with van der Waals surface area (Å²) >= 11 is 0. The van der Waals surface area contributed by atoms with E-state index >= 15 is 0 Å². The largest absolute Gasteiger partial charge is 0.504 e. The molecule has 0 saturated carbocycles. The van der Waals surface area contributed by atoms with Crippen LogP contribution in [0.25, 0.3) is 11.0 Å². The monoisotopic (exact) mass is 416 g/mol. The number of aromatic hydroxyl groups is 1. The van der Waals surface area contributed by atoms with Gasteiger partial charge in [-0.25, -0.2) is 4.79 Å². The third-order valence-corrected chi connectivity index (χ3v) is 4.85. The van der Waals surface area contributed by atoms with E-state index < -0.39 is 24.4 Å². The summed E-state index contributed by atoms with van der Waals surface area (Å²) in [6.45, 7) is -0.406. The molecule has 158 valence electrons. The number of fused-ring (bicyclic) bond motifs is 3. The molecule has 30 heavy (non-hydrogen) atoms. The summed E-state index contributed by atoms with van der Waals surface area (Å²) < 4.78 is 33.4. The molecular weight excluding hydrogens is 396 g/mol. The number of rotatable bonds is 5. The molecule has 1 aliphatic heterocycles. The van der Waals surface area contributed by atoms with Gasteiger partial charge in [-0.1, -0.05) is 0 Å². The maximum Gasteiger partial charge on any atom is 0.336 e. The van der Waals surface area contributed by atoms with Crippen molar-refractivity contribution in [2.75, 3.05) is 27.9 Å². The number of hydrogen-bond acceptors (Lipinski definition) is 9. The van der Waals surface area contributed by atoms with Gasteiger partial charge in [0.15, 0.2) is 35.0 Å². The van der Waals surface area contributed by atoms with Crippen LogP contribution in [-0.2, 0) is 0 Å². The van der Waals surface area contributed by atoms with E-state index in [1.807, 2.05) is 0 Å². The van der Waals surface area contributed by atoms with Crippen LogP contribution in [0.15, 0.2) is 39.5 Å². The Morgan fingerprint density at radius 2 is 1.67 bits per heavy atom. The fourth-order valence-electron chi connectivity index (χ4n) is 3.47. The Morgan fingerprint density at radius 3 is 2.27 bits per heavy atom. The molecule has 0 amide bonds. The van der Waals surface area contributed by atoms with Crippen molar-refractivity contribution >= 4 is 11.0 Å². The van der Waals surface area contributed by atoms with Gasteiger partial charge in [-0.2, -0.15) is 0 Å². The minimum atomic E-state index is -0.862. The molecule has 4 rings (SSSR count). The zero-order valence-electron chi connectivity index (χ0n) is 16.5. The van der Waals surface area contributed by atoms with E-state index in [1.165, 1.54) is 39.5 Å². The summed E-state index contributed by atoms with van der Waals surface area (Å²) in [5.41, 5.74) is 0.112. The van der Waals surface area contributed by atoms with Crippen LogP contribution in [0.5, 0.6) is 34.5 Å². The molecule has 2 heterocycles. The second kappa shape index (κ2) is 7.68. The predicted octanol–water partition coefficient (Wildman–Crippen LogP) is 2.40. The maximum atomic E-state index is 11.8. The van der Waals surface area contributed by atoms with Gasteiger partial charge in [0, 0.05) is 17.0 Å². The van der Waals surface area contributed by atoms with Crippen molar-refractivity contribution in [3.05, 3.63) is 46.3 Å². The number of phenolic OH excluding ortho intramolecular Hbond substituents is 1. The lowest BCUT2D eigenvalue weighted by atomic mass is 10.0. The molecule has 9 nitrogen and oxygen atoms in total. The van der Waals surface area contributed by atoms with Crippen molar-refractivity contribution in [1.29, 1.82) is 0 Å². The van der Waals surface area contributed by atoms with Crippen LogP contribution < -0.4 is 29.3 Å². The van der Waals surface area contributed by atoms with Crippen molar-refractivity contribution in [3.63, 3.8) is 0 Å². The Balaban J connectivity index is 1.89. The Hall–Kier alpha value is -3.59. The summed E-state index contributed by atoms with van der Waals surface area (Å²) in [5.74, 6) is 1.03. The highest BCUT2D eigenvalue weighted by Gasteiger charge is 2.37. The van der Waals surface area contributed by atoms with Gasteiger partial charge < -0.3 is 38.3 Å². The number of hydrogen-bond donors (Lipinski definition) is 2. The standard InChI is InChI=1S/C21H20O9/c1-25-13-7-11(8-14(26-2)20(13)27-3)17-15(9-22)28-19-12(23)6-10-4-5-16(24)29-18(10)21(19)30-17/h4-8,15,17,22-23H,9H2,1-3H3/t15-,17-/m0/s1. The number of aliphatic hydroxyl groups excluding tert-OH is 1. The molecule has 0 fully saturated rings. The molecular formula is C21H20O9. The van der Waals surface area contributed by atoms with E-state index in [2.05, 4.69) is 0 Å². The molecule has 2 N–H and O–H groups in total. The first-order chi connectivity index (χ1) is 14.5. The average Bonchev–Trinajstić information content (AvgIpc) is 2.77. The first-order valence-corrected chi connectivity index (χ1v) is 9.04. The molecule has 1 aromatic heterocycles. The van der Waals surface area contributed by atoms with Crippen LogP contribution in [0, 0.1) is 0 Å². The van der Waals surface area contributed by atoms with Gasteiger partial charge in [0.2, 0.25) is 17.2 Å². The Kier molecular flexibility index (Phi) is 5.04. The number of aliphatic hydroxyl groups is 1. The van der Waals surface area contributed by atoms with Gasteiger partial charge in [0.1, 0.15) is 0 Å². The predicted molar refractivity (Wildman–Crippen MR) is 105 cm³/mol. The quantitative estimate of drug-likeness (QED) is 0.605. The summed E-state index contributed by atoms with van der Waals surface area (Å²) in [5, 5.41) is 20.7. The second-order valence-corrected chi connectivity index (χ2v) is 6.56. The van der Waals surface area contributed by atoms with Crippen LogP contribution in [0.2, 0.25) is 0 Å². The number of ether oxygens (including phenoxy) is 5. The summed E-state index contributed by atoms with van der Waals surface area (Å²) in [6.07, 6.45) is -1.69. The van der Waals surface area contributed by atoms with Crippen molar-refractivity contribution in [3.8, 4) is 34.5 Å². The van der Waals surface area contributed by atoms with Gasteiger partial charge in [0.05, 0.1) is 27.9 Å². The first-order valence-electron chi connectivity index (χ1n) is 9.04. The molecule has 9 heteroatoms. The highest BCUT2D eigenvalue weighted by atomic mass is 16.6. The second-order valence-electron chi connectivity index (χ2n) is 6.56. The molecule has 1 aliphatic rings. The molecule has 0 aliphatic carbocycles. The van der Waals surface area contributed by atoms with E-state index in [1.54, 1.807) is 12.1 Å². The zero-order chi connectivity index (χ0) is 21.4. The summed E-state index contributed by atoms with van der Waals surface area (Å²) in [7, 11) is 4.46. The first kappa shape index (κ1) is 19.7. The molecule has 0 unspecified atom stereocenters. The Morgan fingerprint density at radius 1 is 0.967 bits per heavy atom. The van der Waals surface area contributed by atoms with Crippen LogP contribution in [0.3, 0.4) is 0 Å². The van der Waals surface area contributed by atoms with Crippen molar-refractivity contribution < 1.29 is 38.3 Å². The topological polar surface area (TPSA) is 117 Å². The molecule has 0 saturated heterocycles. The van der Waals surface area contributed by atoms with Crippen LogP contribution in [0.1, 0.15) is 11.7 Å². The van der Waals surface area contributed by atoms with Gasteiger partial charge in [-0.05, 0) is 24.3 Å². The van der Waals surface area contributed by atoms with E-state index in [0.29, 0.717) is 28.2 Å². The average molecular weight is 416 g/mol. The minimum Gasteiger partial charge on any atom is -0.504 e. The van der Waals surface area contributed by atoms with Gasteiger partial charge in [0.25, 0.3) is 0 Å². The fourth-order valence-corrected chi connectivity index (χ4v) is 3.47. The highest BCUT2D eigenvalue weighted by molar-refractivity contribution is 5.88. The lowest BCUT2D eigenvalue weighted by Gasteiger charge is -2.34. The third kappa shape index (κ3) is 3.13. The van der Waals surface area contributed by atoms with E-state index in [9.17, 15) is 15.0 Å². The van der Waals surface area contributed by atoms with Crippen molar-refractivity contribution in [2.45, 2.75) is 12.2 Å². The van der Waals surface area contributed by atoms with Gasteiger partial charge in [-0.15, -0.1) is 0 Å². The molecule has 0 spiro atoms. The van der Waals surface area contributed by atoms with Crippen LogP contribution in [-0.4, -0.2) is 44.3 Å². The lowest BCUT2D eigenvalue weighted by Crippen LogP contribution is -2.36. The van der Waals surface area contributed by atoms with E-state index in [-0.39, 0.29) is 22.8 Å². The van der Waals surface area contributed by atoms with Gasteiger partial charge in [-0.3, -0.25) is 0 Å². The molecule has 2 atom stereocenters. The van der Waals surface area contributed by atoms with Crippen LogP contribution in [0.4, 0.5) is 0 Å².